The highest BCUT2D eigenvalue weighted by molar-refractivity contribution is 6.02. The van der Waals surface area contributed by atoms with Crippen molar-refractivity contribution in [2.75, 3.05) is 0 Å². The van der Waals surface area contributed by atoms with Crippen LogP contribution in [0.3, 0.4) is 0 Å². The highest BCUT2D eigenvalue weighted by Gasteiger charge is 2.31. The van der Waals surface area contributed by atoms with Crippen LogP contribution < -0.4 is 10.6 Å². The molecule has 0 spiro atoms. The monoisotopic (exact) mass is 369 g/mol. The van der Waals surface area contributed by atoms with E-state index in [0.29, 0.717) is 11.1 Å². The second-order valence-corrected chi connectivity index (χ2v) is 6.66. The van der Waals surface area contributed by atoms with Gasteiger partial charge in [-0.1, -0.05) is 31.4 Å². The van der Waals surface area contributed by atoms with Gasteiger partial charge in [0.25, 0.3) is 5.91 Å². The minimum atomic E-state index is -1.07. The number of amides is 2. The molecule has 0 saturated heterocycles. The molecule has 1 aromatic rings. The normalized spacial score (nSPS) is 16.1. The molecule has 7 heteroatoms. The summed E-state index contributed by atoms with van der Waals surface area (Å²) in [6, 6.07) is 7.49. The highest BCUT2D eigenvalue weighted by Crippen LogP contribution is 2.26. The summed E-state index contributed by atoms with van der Waals surface area (Å²) in [4.78, 5) is 35.8. The number of carbonyl (C=O) groups excluding carboxylic acids is 2. The highest BCUT2D eigenvalue weighted by atomic mass is 16.4. The standard InChI is InChI=1S/C20H23N3O4/c1-13(24)22-17(11-14-7-9-15(12-21)10-8-14)19(25)23-18(20(26)27)16-5-3-2-4-6-16/h7-11,16,18H,2-6H2,1H3,(H,22,24)(H,23,25)(H,26,27). The number of nitrogens with zero attached hydrogens (tertiary/aromatic N) is 1. The lowest BCUT2D eigenvalue weighted by Gasteiger charge is -2.28. The van der Waals surface area contributed by atoms with Crippen molar-refractivity contribution in [3.05, 3.63) is 41.1 Å². The second kappa shape index (κ2) is 9.53. The number of carbonyl (C=O) groups is 3. The van der Waals surface area contributed by atoms with Crippen molar-refractivity contribution < 1.29 is 19.5 Å². The molecule has 0 bridgehead atoms. The van der Waals surface area contributed by atoms with Gasteiger partial charge < -0.3 is 15.7 Å². The van der Waals surface area contributed by atoms with Gasteiger partial charge >= 0.3 is 5.97 Å². The van der Waals surface area contributed by atoms with E-state index in [1.807, 2.05) is 6.07 Å². The van der Waals surface area contributed by atoms with E-state index < -0.39 is 23.8 Å². The number of nitrogens with one attached hydrogen (secondary N) is 2. The average Bonchev–Trinajstić information content (AvgIpc) is 2.66. The first-order chi connectivity index (χ1) is 12.9. The summed E-state index contributed by atoms with van der Waals surface area (Å²) in [7, 11) is 0. The Kier molecular flexibility index (Phi) is 7.12. The molecule has 0 aliphatic heterocycles. The number of hydrogen-bond donors (Lipinski definition) is 3. The topological polar surface area (TPSA) is 119 Å². The molecule has 2 rings (SSSR count). The van der Waals surface area contributed by atoms with Gasteiger partial charge in [-0.25, -0.2) is 4.79 Å². The number of benzene rings is 1. The van der Waals surface area contributed by atoms with Crippen LogP contribution in [-0.2, 0) is 14.4 Å². The maximum Gasteiger partial charge on any atom is 0.326 e. The molecule has 0 heterocycles. The molecule has 142 valence electrons. The van der Waals surface area contributed by atoms with Crippen molar-refractivity contribution >= 4 is 23.9 Å². The third kappa shape index (κ3) is 5.96. The zero-order valence-electron chi connectivity index (χ0n) is 15.2. The first-order valence-electron chi connectivity index (χ1n) is 8.94. The van der Waals surface area contributed by atoms with Crippen LogP contribution in [0.15, 0.2) is 30.0 Å². The predicted octanol–water partition coefficient (Wildman–Crippen LogP) is 2.18. The van der Waals surface area contributed by atoms with E-state index in [4.69, 9.17) is 5.26 Å². The van der Waals surface area contributed by atoms with Crippen molar-refractivity contribution in [1.82, 2.24) is 10.6 Å². The van der Waals surface area contributed by atoms with Crippen LogP contribution in [0.4, 0.5) is 0 Å². The fraction of sp³-hybridized carbons (Fsp3) is 0.400. The first kappa shape index (κ1) is 20.2. The molecule has 1 saturated carbocycles. The lowest BCUT2D eigenvalue weighted by atomic mass is 9.84. The Labute approximate surface area is 158 Å². The van der Waals surface area contributed by atoms with Gasteiger partial charge in [0.2, 0.25) is 5.91 Å². The van der Waals surface area contributed by atoms with Crippen molar-refractivity contribution in [3.8, 4) is 6.07 Å². The number of carboxylic acid groups (broad SMARTS) is 1. The molecule has 0 radical (unpaired) electrons. The number of hydrogen-bond acceptors (Lipinski definition) is 4. The van der Waals surface area contributed by atoms with Crippen molar-refractivity contribution in [3.63, 3.8) is 0 Å². The third-order valence-corrected chi connectivity index (χ3v) is 4.58. The Hall–Kier alpha value is -3.14. The Morgan fingerprint density at radius 1 is 1.19 bits per heavy atom. The third-order valence-electron chi connectivity index (χ3n) is 4.58. The van der Waals surface area contributed by atoms with E-state index in [0.717, 1.165) is 32.1 Å². The summed E-state index contributed by atoms with van der Waals surface area (Å²) in [5.74, 6) is -2.27. The molecular formula is C20H23N3O4. The van der Waals surface area contributed by atoms with Gasteiger partial charge in [0, 0.05) is 6.92 Å². The summed E-state index contributed by atoms with van der Waals surface area (Å²) in [5, 5.41) is 23.4. The molecule has 1 aliphatic rings. The van der Waals surface area contributed by atoms with E-state index in [-0.39, 0.29) is 11.6 Å². The lowest BCUT2D eigenvalue weighted by molar-refractivity contribution is -0.143. The van der Waals surface area contributed by atoms with Crippen LogP contribution in [0.2, 0.25) is 0 Å². The van der Waals surface area contributed by atoms with E-state index in [1.54, 1.807) is 24.3 Å². The van der Waals surface area contributed by atoms with Crippen molar-refractivity contribution in [2.45, 2.75) is 45.1 Å². The summed E-state index contributed by atoms with van der Waals surface area (Å²) in [6.45, 7) is 1.27. The lowest BCUT2D eigenvalue weighted by Crippen LogP contribution is -2.48. The van der Waals surface area contributed by atoms with E-state index >= 15 is 0 Å². The zero-order chi connectivity index (χ0) is 19.8. The van der Waals surface area contributed by atoms with E-state index in [1.165, 1.54) is 13.0 Å². The summed E-state index contributed by atoms with van der Waals surface area (Å²) >= 11 is 0. The van der Waals surface area contributed by atoms with Crippen LogP contribution >= 0.6 is 0 Å². The molecule has 1 aromatic carbocycles. The molecule has 1 fully saturated rings. The number of nitriles is 1. The Balaban J connectivity index is 2.21. The SMILES string of the molecule is CC(=O)NC(=Cc1ccc(C#N)cc1)C(=O)NC(C(=O)O)C1CCCCC1. The van der Waals surface area contributed by atoms with E-state index in [9.17, 15) is 19.5 Å². The maximum absolute atomic E-state index is 12.7. The number of rotatable bonds is 6. The van der Waals surface area contributed by atoms with Crippen LogP contribution in [0.25, 0.3) is 6.08 Å². The summed E-state index contributed by atoms with van der Waals surface area (Å²) in [6.07, 6.45) is 5.94. The molecule has 2 amide bonds. The van der Waals surface area contributed by atoms with Crippen molar-refractivity contribution in [1.29, 1.82) is 5.26 Å². The van der Waals surface area contributed by atoms with Gasteiger partial charge in [-0.3, -0.25) is 9.59 Å². The molecular weight excluding hydrogens is 346 g/mol. The minimum Gasteiger partial charge on any atom is -0.480 e. The molecule has 1 unspecified atom stereocenters. The second-order valence-electron chi connectivity index (χ2n) is 6.66. The quantitative estimate of drug-likeness (QED) is 0.664. The van der Waals surface area contributed by atoms with Crippen LogP contribution in [0.5, 0.6) is 0 Å². The number of carboxylic acids is 1. The fourth-order valence-corrected chi connectivity index (χ4v) is 3.24. The van der Waals surface area contributed by atoms with Crippen molar-refractivity contribution in [2.24, 2.45) is 5.92 Å². The Bertz CT molecular complexity index is 771. The molecule has 3 N–H and O–H groups in total. The Morgan fingerprint density at radius 2 is 1.81 bits per heavy atom. The Morgan fingerprint density at radius 3 is 2.33 bits per heavy atom. The van der Waals surface area contributed by atoms with E-state index in [2.05, 4.69) is 10.6 Å². The van der Waals surface area contributed by atoms with Gasteiger partial charge in [-0.05, 0) is 42.5 Å². The predicted molar refractivity (Wildman–Crippen MR) is 99.1 cm³/mol. The summed E-state index contributed by atoms with van der Waals surface area (Å²) < 4.78 is 0. The minimum absolute atomic E-state index is 0.0331. The molecule has 7 nitrogen and oxygen atoms in total. The van der Waals surface area contributed by atoms with Crippen LogP contribution in [0, 0.1) is 17.2 Å². The maximum atomic E-state index is 12.7. The van der Waals surface area contributed by atoms with Gasteiger partial charge in [0.1, 0.15) is 11.7 Å². The fourth-order valence-electron chi connectivity index (χ4n) is 3.24. The van der Waals surface area contributed by atoms with Gasteiger partial charge in [0.15, 0.2) is 0 Å². The average molecular weight is 369 g/mol. The number of aliphatic carboxylic acids is 1. The van der Waals surface area contributed by atoms with Gasteiger partial charge in [-0.15, -0.1) is 0 Å². The molecule has 1 atom stereocenters. The largest absolute Gasteiger partial charge is 0.480 e. The van der Waals surface area contributed by atoms with Crippen LogP contribution in [-0.4, -0.2) is 28.9 Å². The van der Waals surface area contributed by atoms with Gasteiger partial charge in [-0.2, -0.15) is 5.26 Å². The molecule has 1 aliphatic carbocycles. The smallest absolute Gasteiger partial charge is 0.326 e. The summed E-state index contributed by atoms with van der Waals surface area (Å²) in [5.41, 5.74) is 1.05. The first-order valence-corrected chi connectivity index (χ1v) is 8.94. The molecule has 0 aromatic heterocycles. The molecule has 27 heavy (non-hydrogen) atoms. The van der Waals surface area contributed by atoms with Crippen LogP contribution in [0.1, 0.15) is 50.2 Å². The zero-order valence-corrected chi connectivity index (χ0v) is 15.2. The van der Waals surface area contributed by atoms with Gasteiger partial charge in [0.05, 0.1) is 11.6 Å².